The summed E-state index contributed by atoms with van der Waals surface area (Å²) in [6.07, 6.45) is 1.33. The molecule has 1 aliphatic rings. The van der Waals surface area contributed by atoms with Gasteiger partial charge in [-0.15, -0.1) is 0 Å². The molecular weight excluding hydrogens is 415 g/mol. The normalized spacial score (nSPS) is 15.9. The third-order valence-electron chi connectivity index (χ3n) is 4.66. The number of halogens is 2. The van der Waals surface area contributed by atoms with E-state index in [0.29, 0.717) is 52.4 Å². The molecule has 1 heterocycles. The van der Waals surface area contributed by atoms with Crippen LogP contribution in [0.15, 0.2) is 36.4 Å². The highest BCUT2D eigenvalue weighted by Crippen LogP contribution is 2.30. The summed E-state index contributed by atoms with van der Waals surface area (Å²) in [4.78, 5) is 27.5. The molecule has 0 aliphatic carbocycles. The molecule has 1 aliphatic heterocycles. The quantitative estimate of drug-likeness (QED) is 0.715. The van der Waals surface area contributed by atoms with Gasteiger partial charge in [-0.1, -0.05) is 23.2 Å². The van der Waals surface area contributed by atoms with Crippen molar-refractivity contribution in [3.63, 3.8) is 0 Å². The minimum atomic E-state index is -0.571. The number of methoxy groups -OCH3 is 1. The summed E-state index contributed by atoms with van der Waals surface area (Å²) in [5.74, 6) is 0.548. The van der Waals surface area contributed by atoms with Crippen molar-refractivity contribution < 1.29 is 19.1 Å². The fourth-order valence-electron chi connectivity index (χ4n) is 3.38. The first-order valence-corrected chi connectivity index (χ1v) is 10.1. The molecule has 1 N–H and O–H groups in total. The van der Waals surface area contributed by atoms with Gasteiger partial charge in [-0.25, -0.2) is 0 Å². The molecule has 0 spiro atoms. The van der Waals surface area contributed by atoms with Crippen LogP contribution in [0.2, 0.25) is 10.0 Å². The molecule has 6 nitrogen and oxygen atoms in total. The van der Waals surface area contributed by atoms with Gasteiger partial charge in [0.05, 0.1) is 13.7 Å². The van der Waals surface area contributed by atoms with Crippen molar-refractivity contribution in [3.05, 3.63) is 52.0 Å². The van der Waals surface area contributed by atoms with E-state index in [-0.39, 0.29) is 11.8 Å². The second-order valence-corrected chi connectivity index (χ2v) is 7.48. The first-order valence-electron chi connectivity index (χ1n) is 9.31. The molecular formula is C21H22Cl2N2O4. The predicted molar refractivity (Wildman–Crippen MR) is 113 cm³/mol. The van der Waals surface area contributed by atoms with Gasteiger partial charge < -0.3 is 19.7 Å². The maximum absolute atomic E-state index is 13.1. The first kappa shape index (κ1) is 21.3. The largest absolute Gasteiger partial charge is 0.493 e. The van der Waals surface area contributed by atoms with Crippen LogP contribution in [0, 0.1) is 0 Å². The molecule has 3 rings (SSSR count). The topological polar surface area (TPSA) is 67.9 Å². The van der Waals surface area contributed by atoms with Crippen LogP contribution in [-0.2, 0) is 4.79 Å². The number of amides is 2. The van der Waals surface area contributed by atoms with E-state index < -0.39 is 6.04 Å². The number of nitrogens with one attached hydrogen (secondary N) is 1. The van der Waals surface area contributed by atoms with Gasteiger partial charge in [-0.3, -0.25) is 9.59 Å². The molecule has 0 saturated carbocycles. The molecule has 1 unspecified atom stereocenters. The van der Waals surface area contributed by atoms with Crippen LogP contribution in [0.4, 0.5) is 5.69 Å². The Labute approximate surface area is 179 Å². The molecule has 0 bridgehead atoms. The number of carbonyl (C=O) groups is 2. The smallest absolute Gasteiger partial charge is 0.254 e. The zero-order valence-corrected chi connectivity index (χ0v) is 17.7. The highest BCUT2D eigenvalue weighted by Gasteiger charge is 2.35. The van der Waals surface area contributed by atoms with E-state index in [1.54, 1.807) is 41.3 Å². The van der Waals surface area contributed by atoms with Gasteiger partial charge in [0.2, 0.25) is 5.91 Å². The van der Waals surface area contributed by atoms with Crippen molar-refractivity contribution >= 4 is 40.7 Å². The van der Waals surface area contributed by atoms with Crippen LogP contribution in [0.25, 0.3) is 0 Å². The van der Waals surface area contributed by atoms with Crippen molar-refractivity contribution in [1.29, 1.82) is 0 Å². The number of anilines is 1. The van der Waals surface area contributed by atoms with E-state index in [9.17, 15) is 9.59 Å². The van der Waals surface area contributed by atoms with Gasteiger partial charge in [0, 0.05) is 27.8 Å². The van der Waals surface area contributed by atoms with Crippen LogP contribution in [0.3, 0.4) is 0 Å². The minimum Gasteiger partial charge on any atom is -0.493 e. The summed E-state index contributed by atoms with van der Waals surface area (Å²) in [6.45, 7) is 2.87. The third-order valence-corrected chi connectivity index (χ3v) is 5.09. The molecule has 29 heavy (non-hydrogen) atoms. The Hall–Kier alpha value is -2.44. The van der Waals surface area contributed by atoms with E-state index in [4.69, 9.17) is 32.7 Å². The fraction of sp³-hybridized carbons (Fsp3) is 0.333. The van der Waals surface area contributed by atoms with E-state index in [1.165, 1.54) is 7.11 Å². The summed E-state index contributed by atoms with van der Waals surface area (Å²) in [5.41, 5.74) is 0.935. The average Bonchev–Trinajstić information content (AvgIpc) is 3.17. The molecule has 0 radical (unpaired) electrons. The number of nitrogens with zero attached hydrogens (tertiary/aromatic N) is 1. The maximum atomic E-state index is 13.1. The van der Waals surface area contributed by atoms with Crippen molar-refractivity contribution in [3.8, 4) is 11.5 Å². The van der Waals surface area contributed by atoms with Crippen molar-refractivity contribution in [2.24, 2.45) is 0 Å². The Kier molecular flexibility index (Phi) is 6.87. The van der Waals surface area contributed by atoms with Crippen molar-refractivity contribution in [2.75, 3.05) is 25.6 Å². The number of hydrogen-bond acceptors (Lipinski definition) is 4. The van der Waals surface area contributed by atoms with Gasteiger partial charge in [0.1, 0.15) is 6.04 Å². The Morgan fingerprint density at radius 2 is 1.86 bits per heavy atom. The van der Waals surface area contributed by atoms with E-state index in [0.717, 1.165) is 6.42 Å². The highest BCUT2D eigenvalue weighted by molar-refractivity contribution is 6.35. The summed E-state index contributed by atoms with van der Waals surface area (Å²) in [5, 5.41) is 3.65. The number of hydrogen-bond donors (Lipinski definition) is 1. The summed E-state index contributed by atoms with van der Waals surface area (Å²) >= 11 is 12.0. The number of rotatable bonds is 6. The lowest BCUT2D eigenvalue weighted by Gasteiger charge is -2.24. The zero-order valence-electron chi connectivity index (χ0n) is 16.2. The Bertz CT molecular complexity index is 899. The lowest BCUT2D eigenvalue weighted by molar-refractivity contribution is -0.119. The molecule has 1 atom stereocenters. The van der Waals surface area contributed by atoms with Gasteiger partial charge >= 0.3 is 0 Å². The molecule has 1 fully saturated rings. The monoisotopic (exact) mass is 436 g/mol. The van der Waals surface area contributed by atoms with Gasteiger partial charge in [0.15, 0.2) is 11.5 Å². The standard InChI is InChI=1S/C21H22Cl2N2O4/c1-3-29-18-7-6-13(9-19(18)28-2)21(27)25-8-4-5-17(25)20(26)24-16-11-14(22)10-15(23)12-16/h6-7,9-12,17H,3-5,8H2,1-2H3,(H,24,26). The second kappa shape index (κ2) is 9.37. The van der Waals surface area contributed by atoms with Gasteiger partial charge in [-0.2, -0.15) is 0 Å². The molecule has 8 heteroatoms. The van der Waals surface area contributed by atoms with Crippen LogP contribution >= 0.6 is 23.2 Å². The molecule has 2 aromatic rings. The van der Waals surface area contributed by atoms with E-state index >= 15 is 0 Å². The van der Waals surface area contributed by atoms with Gasteiger partial charge in [0.25, 0.3) is 5.91 Å². The lowest BCUT2D eigenvalue weighted by Crippen LogP contribution is -2.43. The summed E-state index contributed by atoms with van der Waals surface area (Å²) < 4.78 is 10.8. The molecule has 2 aromatic carbocycles. The number of ether oxygens (including phenoxy) is 2. The summed E-state index contributed by atoms with van der Waals surface area (Å²) in [6, 6.07) is 9.26. The third kappa shape index (κ3) is 4.95. The zero-order chi connectivity index (χ0) is 21.0. The van der Waals surface area contributed by atoms with Crippen molar-refractivity contribution in [2.45, 2.75) is 25.8 Å². The maximum Gasteiger partial charge on any atom is 0.254 e. The molecule has 154 valence electrons. The van der Waals surface area contributed by atoms with E-state index in [2.05, 4.69) is 5.32 Å². The predicted octanol–water partition coefficient (Wildman–Crippen LogP) is 4.64. The Morgan fingerprint density at radius 1 is 1.14 bits per heavy atom. The van der Waals surface area contributed by atoms with Crippen LogP contribution in [-0.4, -0.2) is 43.0 Å². The second-order valence-electron chi connectivity index (χ2n) is 6.60. The molecule has 1 saturated heterocycles. The lowest BCUT2D eigenvalue weighted by atomic mass is 10.1. The minimum absolute atomic E-state index is 0.229. The van der Waals surface area contributed by atoms with Crippen LogP contribution < -0.4 is 14.8 Å². The highest BCUT2D eigenvalue weighted by atomic mass is 35.5. The Balaban J connectivity index is 1.77. The number of likely N-dealkylation sites (tertiary alicyclic amines) is 1. The fourth-order valence-corrected chi connectivity index (χ4v) is 3.90. The summed E-state index contributed by atoms with van der Waals surface area (Å²) in [7, 11) is 1.52. The average molecular weight is 437 g/mol. The number of benzene rings is 2. The van der Waals surface area contributed by atoms with Crippen molar-refractivity contribution in [1.82, 2.24) is 4.90 Å². The number of carbonyl (C=O) groups excluding carboxylic acids is 2. The van der Waals surface area contributed by atoms with Crippen LogP contribution in [0.1, 0.15) is 30.1 Å². The Morgan fingerprint density at radius 3 is 2.52 bits per heavy atom. The molecule has 2 amide bonds. The molecule has 0 aromatic heterocycles. The van der Waals surface area contributed by atoms with Gasteiger partial charge in [-0.05, 0) is 56.2 Å². The van der Waals surface area contributed by atoms with Crippen LogP contribution in [0.5, 0.6) is 11.5 Å². The SMILES string of the molecule is CCOc1ccc(C(=O)N2CCCC2C(=O)Nc2cc(Cl)cc(Cl)c2)cc1OC. The van der Waals surface area contributed by atoms with E-state index in [1.807, 2.05) is 6.92 Å². The first-order chi connectivity index (χ1) is 13.9.